The molecule has 0 bridgehead atoms. The number of anilines is 3. The van der Waals surface area contributed by atoms with Crippen LogP contribution in [-0.4, -0.2) is 58.4 Å². The predicted molar refractivity (Wildman–Crippen MR) is 80.9 cm³/mol. The molecule has 1 aliphatic rings. The van der Waals surface area contributed by atoms with Crippen LogP contribution in [0.25, 0.3) is 0 Å². The molecule has 22 heavy (non-hydrogen) atoms. The van der Waals surface area contributed by atoms with Gasteiger partial charge in [0.15, 0.2) is 0 Å². The normalized spacial score (nSPS) is 21.7. The summed E-state index contributed by atoms with van der Waals surface area (Å²) in [7, 11) is 0. The van der Waals surface area contributed by atoms with Crippen LogP contribution in [0.5, 0.6) is 0 Å². The number of nitrogens with zero attached hydrogens (tertiary/aromatic N) is 4. The van der Waals surface area contributed by atoms with Gasteiger partial charge in [-0.3, -0.25) is 10.1 Å². The van der Waals surface area contributed by atoms with Crippen molar-refractivity contribution in [2.45, 2.75) is 26.1 Å². The quantitative estimate of drug-likeness (QED) is 0.505. The van der Waals surface area contributed by atoms with Gasteiger partial charge in [-0.05, 0) is 13.8 Å². The van der Waals surface area contributed by atoms with Crippen molar-refractivity contribution < 1.29 is 14.8 Å². The Morgan fingerprint density at radius 2 is 2.09 bits per heavy atom. The van der Waals surface area contributed by atoms with E-state index in [0.29, 0.717) is 19.0 Å². The Bertz CT molecular complexity index is 545. The van der Waals surface area contributed by atoms with E-state index in [4.69, 9.17) is 15.6 Å². The van der Waals surface area contributed by atoms with Gasteiger partial charge in [-0.2, -0.15) is 9.97 Å². The Hall–Kier alpha value is -2.20. The molecule has 0 spiro atoms. The van der Waals surface area contributed by atoms with Gasteiger partial charge in [-0.15, -0.1) is 0 Å². The summed E-state index contributed by atoms with van der Waals surface area (Å²) in [5.74, 6) is 0.112. The summed E-state index contributed by atoms with van der Waals surface area (Å²) in [5, 5.41) is 22.7. The molecule has 1 fully saturated rings. The monoisotopic (exact) mass is 312 g/mol. The second-order valence-electron chi connectivity index (χ2n) is 5.18. The first kappa shape index (κ1) is 16.2. The smallest absolute Gasteiger partial charge is 0.353 e. The number of aromatic nitrogens is 2. The number of nitrogens with two attached hydrogens (primary N) is 1. The van der Waals surface area contributed by atoms with Gasteiger partial charge < -0.3 is 25.8 Å². The molecule has 2 unspecified atom stereocenters. The van der Waals surface area contributed by atoms with Crippen molar-refractivity contribution in [3.8, 4) is 0 Å². The first-order valence-electron chi connectivity index (χ1n) is 6.99. The Balaban J connectivity index is 2.36. The molecular formula is C12H20N6O4. The fraction of sp³-hybridized carbons (Fsp3) is 0.667. The summed E-state index contributed by atoms with van der Waals surface area (Å²) in [6.45, 7) is 4.96. The van der Waals surface area contributed by atoms with Crippen LogP contribution >= 0.6 is 0 Å². The maximum Gasteiger partial charge on any atom is 0.353 e. The third-order valence-corrected chi connectivity index (χ3v) is 3.19. The number of morpholine rings is 1. The van der Waals surface area contributed by atoms with E-state index in [0.717, 1.165) is 0 Å². The number of hydrogen-bond acceptors (Lipinski definition) is 9. The molecule has 4 N–H and O–H groups in total. The minimum absolute atomic E-state index is 0.00221. The molecule has 0 saturated carbocycles. The highest BCUT2D eigenvalue weighted by Gasteiger charge is 2.28. The van der Waals surface area contributed by atoms with Crippen molar-refractivity contribution in [2.75, 3.05) is 42.2 Å². The third-order valence-electron chi connectivity index (χ3n) is 3.19. The average Bonchev–Trinajstić information content (AvgIpc) is 2.42. The number of rotatable bonds is 5. The molecule has 0 aliphatic carbocycles. The molecule has 0 aromatic carbocycles. The van der Waals surface area contributed by atoms with E-state index < -0.39 is 4.92 Å². The van der Waals surface area contributed by atoms with Crippen molar-refractivity contribution >= 4 is 23.3 Å². The van der Waals surface area contributed by atoms with Crippen LogP contribution in [0.2, 0.25) is 0 Å². The van der Waals surface area contributed by atoms with Crippen LogP contribution in [0.1, 0.15) is 13.8 Å². The Morgan fingerprint density at radius 1 is 1.45 bits per heavy atom. The van der Waals surface area contributed by atoms with Crippen molar-refractivity contribution in [1.82, 2.24) is 9.97 Å². The number of hydrogen-bond donors (Lipinski definition) is 3. The molecule has 1 saturated heterocycles. The zero-order chi connectivity index (χ0) is 16.3. The molecule has 1 aromatic rings. The van der Waals surface area contributed by atoms with Crippen LogP contribution < -0.4 is 16.0 Å². The molecule has 122 valence electrons. The topological polar surface area (TPSA) is 140 Å². The lowest BCUT2D eigenvalue weighted by molar-refractivity contribution is -0.383. The van der Waals surface area contributed by atoms with Gasteiger partial charge in [-0.25, -0.2) is 0 Å². The maximum absolute atomic E-state index is 11.1. The minimum atomic E-state index is -0.636. The molecule has 0 amide bonds. The number of nitrogens with one attached hydrogen (secondary N) is 1. The van der Waals surface area contributed by atoms with E-state index in [1.54, 1.807) is 0 Å². The zero-order valence-electron chi connectivity index (χ0n) is 12.5. The summed E-state index contributed by atoms with van der Waals surface area (Å²) >= 11 is 0. The summed E-state index contributed by atoms with van der Waals surface area (Å²) in [6, 6.07) is 0. The molecule has 2 atom stereocenters. The van der Waals surface area contributed by atoms with Gasteiger partial charge in [0.1, 0.15) is 0 Å². The lowest BCUT2D eigenvalue weighted by Gasteiger charge is -2.35. The molecule has 0 radical (unpaired) electrons. The van der Waals surface area contributed by atoms with Gasteiger partial charge >= 0.3 is 5.69 Å². The molecular weight excluding hydrogens is 292 g/mol. The average molecular weight is 312 g/mol. The lowest BCUT2D eigenvalue weighted by atomic mass is 10.2. The lowest BCUT2D eigenvalue weighted by Crippen LogP contribution is -2.46. The summed E-state index contributed by atoms with van der Waals surface area (Å²) in [5.41, 5.74) is 5.33. The SMILES string of the molecule is CC1CN(c2nc(N)c([N+](=O)[O-])c(NCCO)n2)CC(C)O1. The standard InChI is InChI=1S/C12H20N6O4/c1-7-5-17(6-8(2)22-7)12-15-10(13)9(18(20)21)11(16-12)14-3-4-19/h7-8,19H,3-6H2,1-2H3,(H3,13,14,15,16). The van der Waals surface area contributed by atoms with Crippen LogP contribution in [0.15, 0.2) is 0 Å². The number of aliphatic hydroxyl groups excluding tert-OH is 1. The van der Waals surface area contributed by atoms with Gasteiger partial charge in [0.05, 0.1) is 23.7 Å². The molecule has 2 rings (SSSR count). The van der Waals surface area contributed by atoms with E-state index in [2.05, 4.69) is 15.3 Å². The summed E-state index contributed by atoms with van der Waals surface area (Å²) < 4.78 is 5.64. The first-order valence-corrected chi connectivity index (χ1v) is 6.99. The highest BCUT2D eigenvalue weighted by molar-refractivity contribution is 5.70. The molecule has 2 heterocycles. The number of ether oxygens (including phenoxy) is 1. The minimum Gasteiger partial charge on any atom is -0.395 e. The molecule has 10 nitrogen and oxygen atoms in total. The number of aliphatic hydroxyl groups is 1. The fourth-order valence-corrected chi connectivity index (χ4v) is 2.42. The van der Waals surface area contributed by atoms with Crippen LogP contribution in [0.3, 0.4) is 0 Å². The van der Waals surface area contributed by atoms with Crippen LogP contribution in [-0.2, 0) is 4.74 Å². The number of nitrogen functional groups attached to an aromatic ring is 1. The Labute approximate surface area is 127 Å². The maximum atomic E-state index is 11.1. The molecule has 1 aromatic heterocycles. The van der Waals surface area contributed by atoms with Crippen LogP contribution in [0.4, 0.5) is 23.3 Å². The van der Waals surface area contributed by atoms with Crippen molar-refractivity contribution in [1.29, 1.82) is 0 Å². The van der Waals surface area contributed by atoms with Crippen molar-refractivity contribution in [2.24, 2.45) is 0 Å². The predicted octanol–water partition coefficient (Wildman–Crippen LogP) is -0.0152. The van der Waals surface area contributed by atoms with Crippen LogP contribution in [0, 0.1) is 10.1 Å². The van der Waals surface area contributed by atoms with E-state index in [-0.39, 0.29) is 42.7 Å². The summed E-state index contributed by atoms with van der Waals surface area (Å²) in [4.78, 5) is 20.6. The zero-order valence-corrected chi connectivity index (χ0v) is 12.5. The summed E-state index contributed by atoms with van der Waals surface area (Å²) in [6.07, 6.45) is -0.00441. The Kier molecular flexibility index (Phi) is 4.93. The van der Waals surface area contributed by atoms with E-state index in [9.17, 15) is 10.1 Å². The molecule has 1 aliphatic heterocycles. The highest BCUT2D eigenvalue weighted by atomic mass is 16.6. The van der Waals surface area contributed by atoms with Gasteiger partial charge in [0, 0.05) is 19.6 Å². The van der Waals surface area contributed by atoms with Crippen molar-refractivity contribution in [3.63, 3.8) is 0 Å². The molecule has 10 heteroatoms. The largest absolute Gasteiger partial charge is 0.395 e. The first-order chi connectivity index (χ1) is 10.4. The fourth-order valence-electron chi connectivity index (χ4n) is 2.42. The highest BCUT2D eigenvalue weighted by Crippen LogP contribution is 2.30. The van der Waals surface area contributed by atoms with Gasteiger partial charge in [0.2, 0.25) is 17.6 Å². The second-order valence-corrected chi connectivity index (χ2v) is 5.18. The van der Waals surface area contributed by atoms with E-state index in [1.807, 2.05) is 18.7 Å². The van der Waals surface area contributed by atoms with E-state index in [1.165, 1.54) is 0 Å². The Morgan fingerprint density at radius 3 is 2.64 bits per heavy atom. The third kappa shape index (κ3) is 3.52. The van der Waals surface area contributed by atoms with Gasteiger partial charge in [0.25, 0.3) is 0 Å². The second kappa shape index (κ2) is 6.71. The van der Waals surface area contributed by atoms with Crippen molar-refractivity contribution in [3.05, 3.63) is 10.1 Å². The van der Waals surface area contributed by atoms with E-state index >= 15 is 0 Å². The number of nitro groups is 1. The van der Waals surface area contributed by atoms with Gasteiger partial charge in [-0.1, -0.05) is 0 Å².